The molecule has 1 heterocycles. The fourth-order valence-electron chi connectivity index (χ4n) is 6.03. The molecular formula is C25H53N. The molecule has 2 aliphatic rings. The molecule has 0 radical (unpaired) electrons. The van der Waals surface area contributed by atoms with E-state index in [-0.39, 0.29) is 0 Å². The Hall–Kier alpha value is -0.0400. The molecule has 26 heavy (non-hydrogen) atoms. The van der Waals surface area contributed by atoms with E-state index in [1.807, 2.05) is 27.7 Å². The zero-order valence-electron chi connectivity index (χ0n) is 19.9. The van der Waals surface area contributed by atoms with Crippen LogP contribution in [0.25, 0.3) is 0 Å². The van der Waals surface area contributed by atoms with Gasteiger partial charge in [-0.1, -0.05) is 101 Å². The first kappa shape index (κ1) is 26.0. The molecule has 1 saturated heterocycles. The predicted molar refractivity (Wildman–Crippen MR) is 121 cm³/mol. The largest absolute Gasteiger partial charge is 0.311 e. The fourth-order valence-corrected chi connectivity index (χ4v) is 6.03. The maximum Gasteiger partial charge on any atom is 0.0101 e. The lowest BCUT2D eigenvalue weighted by Gasteiger charge is -2.41. The quantitative estimate of drug-likeness (QED) is 0.457. The van der Waals surface area contributed by atoms with Gasteiger partial charge in [0.15, 0.2) is 0 Å². The van der Waals surface area contributed by atoms with Crippen molar-refractivity contribution < 1.29 is 0 Å². The molecule has 0 aromatic rings. The van der Waals surface area contributed by atoms with Crippen LogP contribution < -0.4 is 5.32 Å². The number of rotatable bonds is 8. The van der Waals surface area contributed by atoms with E-state index in [9.17, 15) is 0 Å². The lowest BCUT2D eigenvalue weighted by Crippen LogP contribution is -2.38. The zero-order chi connectivity index (χ0) is 20.1. The molecule has 5 unspecified atom stereocenters. The van der Waals surface area contributed by atoms with Gasteiger partial charge in [0.05, 0.1) is 0 Å². The Bertz CT molecular complexity index is 305. The highest BCUT2D eigenvalue weighted by atomic mass is 15.0. The van der Waals surface area contributed by atoms with Crippen LogP contribution in [0.3, 0.4) is 0 Å². The lowest BCUT2D eigenvalue weighted by atomic mass is 9.63. The molecular weight excluding hydrogens is 314 g/mol. The van der Waals surface area contributed by atoms with Crippen molar-refractivity contribution in [3.8, 4) is 0 Å². The van der Waals surface area contributed by atoms with E-state index in [0.717, 1.165) is 41.7 Å². The van der Waals surface area contributed by atoms with E-state index in [2.05, 4.69) is 39.9 Å². The van der Waals surface area contributed by atoms with Crippen molar-refractivity contribution >= 4 is 0 Å². The second-order valence-corrected chi connectivity index (χ2v) is 8.47. The highest BCUT2D eigenvalue weighted by Crippen LogP contribution is 2.48. The van der Waals surface area contributed by atoms with Gasteiger partial charge in [0.25, 0.3) is 0 Å². The molecule has 2 fully saturated rings. The molecule has 5 atom stereocenters. The molecule has 0 bridgehead atoms. The Kier molecular flexibility index (Phi) is 14.9. The van der Waals surface area contributed by atoms with E-state index in [1.54, 1.807) is 0 Å². The van der Waals surface area contributed by atoms with Crippen LogP contribution in [0.4, 0.5) is 0 Å². The second-order valence-electron chi connectivity index (χ2n) is 8.47. The fraction of sp³-hybridized carbons (Fsp3) is 1.00. The summed E-state index contributed by atoms with van der Waals surface area (Å²) in [7, 11) is 0. The van der Waals surface area contributed by atoms with Crippen molar-refractivity contribution in [2.75, 3.05) is 0 Å². The predicted octanol–water partition coefficient (Wildman–Crippen LogP) is 8.08. The molecule has 1 aliphatic heterocycles. The zero-order valence-corrected chi connectivity index (χ0v) is 19.9. The highest BCUT2D eigenvalue weighted by Gasteiger charge is 2.48. The average molecular weight is 368 g/mol. The van der Waals surface area contributed by atoms with Gasteiger partial charge in [-0.15, -0.1) is 0 Å². The smallest absolute Gasteiger partial charge is 0.0101 e. The van der Waals surface area contributed by atoms with Crippen LogP contribution in [0.1, 0.15) is 120 Å². The van der Waals surface area contributed by atoms with E-state index in [4.69, 9.17) is 0 Å². The van der Waals surface area contributed by atoms with Gasteiger partial charge in [0.1, 0.15) is 0 Å². The standard InChI is InChI=1S/C21H41N.2C2H6/c1-6-11-16(12-7-2)20(15(4)5)21-17-13-9-10-14-19(17)22-18(21)8-3;2*1-2/h15-22H,6-14H2,1-5H3;2*1-2H3. The molecule has 0 aromatic carbocycles. The summed E-state index contributed by atoms with van der Waals surface area (Å²) in [6.07, 6.45) is 12.8. The minimum absolute atomic E-state index is 0.789. The first-order chi connectivity index (χ1) is 12.6. The Morgan fingerprint density at radius 3 is 1.85 bits per heavy atom. The molecule has 0 spiro atoms. The summed E-state index contributed by atoms with van der Waals surface area (Å²) in [4.78, 5) is 0. The van der Waals surface area contributed by atoms with Crippen LogP contribution in [0.5, 0.6) is 0 Å². The van der Waals surface area contributed by atoms with E-state index in [1.165, 1.54) is 57.8 Å². The topological polar surface area (TPSA) is 12.0 Å². The van der Waals surface area contributed by atoms with Gasteiger partial charge in [0, 0.05) is 12.1 Å². The van der Waals surface area contributed by atoms with Gasteiger partial charge in [-0.2, -0.15) is 0 Å². The number of fused-ring (bicyclic) bond motifs is 1. The molecule has 1 N–H and O–H groups in total. The number of hydrogen-bond donors (Lipinski definition) is 1. The Morgan fingerprint density at radius 1 is 0.846 bits per heavy atom. The summed E-state index contributed by atoms with van der Waals surface area (Å²) in [5, 5.41) is 4.07. The van der Waals surface area contributed by atoms with Crippen LogP contribution >= 0.6 is 0 Å². The number of nitrogens with one attached hydrogen (secondary N) is 1. The summed E-state index contributed by atoms with van der Waals surface area (Å²) in [6.45, 7) is 20.2. The molecule has 1 saturated carbocycles. The summed E-state index contributed by atoms with van der Waals surface area (Å²) in [5.74, 6) is 4.65. The van der Waals surface area contributed by atoms with E-state index < -0.39 is 0 Å². The highest BCUT2D eigenvalue weighted by molar-refractivity contribution is 5.02. The molecule has 0 aromatic heterocycles. The lowest BCUT2D eigenvalue weighted by molar-refractivity contribution is 0.0903. The monoisotopic (exact) mass is 367 g/mol. The third-order valence-electron chi connectivity index (χ3n) is 6.72. The van der Waals surface area contributed by atoms with Crippen LogP contribution in [0.2, 0.25) is 0 Å². The third-order valence-corrected chi connectivity index (χ3v) is 6.72. The van der Waals surface area contributed by atoms with Crippen LogP contribution in [-0.2, 0) is 0 Å². The molecule has 2 rings (SSSR count). The maximum atomic E-state index is 4.07. The molecule has 1 heteroatoms. The first-order valence-corrected chi connectivity index (χ1v) is 12.4. The van der Waals surface area contributed by atoms with Gasteiger partial charge in [-0.25, -0.2) is 0 Å². The Morgan fingerprint density at radius 2 is 1.38 bits per heavy atom. The minimum atomic E-state index is 0.789. The summed E-state index contributed by atoms with van der Waals surface area (Å²) in [5.41, 5.74) is 0. The molecule has 1 nitrogen and oxygen atoms in total. The maximum absolute atomic E-state index is 4.07. The van der Waals surface area contributed by atoms with E-state index in [0.29, 0.717) is 0 Å². The Labute approximate surface area is 167 Å². The van der Waals surface area contributed by atoms with Gasteiger partial charge < -0.3 is 5.32 Å². The normalized spacial score (nSPS) is 28.7. The second kappa shape index (κ2) is 14.9. The van der Waals surface area contributed by atoms with Crippen molar-refractivity contribution in [2.45, 2.75) is 132 Å². The van der Waals surface area contributed by atoms with Gasteiger partial charge >= 0.3 is 0 Å². The molecule has 0 amide bonds. The van der Waals surface area contributed by atoms with Gasteiger partial charge in [-0.3, -0.25) is 0 Å². The van der Waals surface area contributed by atoms with Crippen LogP contribution in [0, 0.1) is 29.6 Å². The van der Waals surface area contributed by atoms with Crippen molar-refractivity contribution in [1.82, 2.24) is 5.32 Å². The van der Waals surface area contributed by atoms with Crippen LogP contribution in [-0.4, -0.2) is 12.1 Å². The third kappa shape index (κ3) is 6.84. The minimum Gasteiger partial charge on any atom is -0.311 e. The van der Waals surface area contributed by atoms with Crippen molar-refractivity contribution in [2.24, 2.45) is 29.6 Å². The van der Waals surface area contributed by atoms with Gasteiger partial charge in [0.2, 0.25) is 0 Å². The molecule has 1 aliphatic carbocycles. The first-order valence-electron chi connectivity index (χ1n) is 12.4. The Balaban J connectivity index is 0.00000146. The van der Waals surface area contributed by atoms with Crippen molar-refractivity contribution in [1.29, 1.82) is 0 Å². The summed E-state index contributed by atoms with van der Waals surface area (Å²) >= 11 is 0. The van der Waals surface area contributed by atoms with Crippen LogP contribution in [0.15, 0.2) is 0 Å². The molecule has 158 valence electrons. The van der Waals surface area contributed by atoms with Crippen molar-refractivity contribution in [3.63, 3.8) is 0 Å². The number of hydrogen-bond acceptors (Lipinski definition) is 1. The van der Waals surface area contributed by atoms with Crippen molar-refractivity contribution in [3.05, 3.63) is 0 Å². The van der Waals surface area contributed by atoms with Gasteiger partial charge in [-0.05, 0) is 48.9 Å². The average Bonchev–Trinajstić information content (AvgIpc) is 3.04. The van der Waals surface area contributed by atoms with E-state index >= 15 is 0 Å². The summed E-state index contributed by atoms with van der Waals surface area (Å²) in [6, 6.07) is 1.63. The summed E-state index contributed by atoms with van der Waals surface area (Å²) < 4.78 is 0. The SMILES string of the molecule is CC.CC.CCCC(CCC)C(C(C)C)C1C(CC)NC2CCCCC21.